The molecule has 0 spiro atoms. The van der Waals surface area contributed by atoms with Crippen molar-refractivity contribution in [3.8, 4) is 22.5 Å². The second-order valence-corrected chi connectivity index (χ2v) is 8.72. The third-order valence-corrected chi connectivity index (χ3v) is 5.79. The summed E-state index contributed by atoms with van der Waals surface area (Å²) >= 11 is 6.08. The van der Waals surface area contributed by atoms with Crippen LogP contribution >= 0.6 is 11.6 Å². The Morgan fingerprint density at radius 1 is 1.00 bits per heavy atom. The molecule has 3 heterocycles. The van der Waals surface area contributed by atoms with Gasteiger partial charge in [-0.1, -0.05) is 17.7 Å². The van der Waals surface area contributed by atoms with Crippen LogP contribution in [0.3, 0.4) is 0 Å². The first-order valence-electron chi connectivity index (χ1n) is 10.3. The van der Waals surface area contributed by atoms with E-state index in [1.165, 1.54) is 53.2 Å². The molecule has 0 radical (unpaired) electrons. The van der Waals surface area contributed by atoms with Gasteiger partial charge in [0.2, 0.25) is 5.91 Å². The van der Waals surface area contributed by atoms with Crippen LogP contribution in [0.2, 0.25) is 5.02 Å². The van der Waals surface area contributed by atoms with Crippen LogP contribution in [0.25, 0.3) is 28.2 Å². The number of anilines is 1. The first-order valence-corrected chi connectivity index (χ1v) is 10.6. The number of pyridine rings is 1. The number of hydrogen-bond acceptors (Lipinski definition) is 4. The molecule has 0 aliphatic carbocycles. The minimum atomic E-state index is -4.79. The summed E-state index contributed by atoms with van der Waals surface area (Å²) in [6, 6.07) is 9.68. The van der Waals surface area contributed by atoms with Crippen molar-refractivity contribution < 1.29 is 31.1 Å². The predicted octanol–water partition coefficient (Wildman–Crippen LogP) is 6.66. The molecule has 6 nitrogen and oxygen atoms in total. The van der Waals surface area contributed by atoms with E-state index < -0.39 is 29.4 Å². The maximum absolute atomic E-state index is 13.4. The molecule has 0 bridgehead atoms. The minimum absolute atomic E-state index is 0.00492. The van der Waals surface area contributed by atoms with Gasteiger partial charge in [-0.05, 0) is 50.2 Å². The summed E-state index contributed by atoms with van der Waals surface area (Å²) in [5, 5.41) is 6.41. The van der Waals surface area contributed by atoms with Crippen LogP contribution in [0, 0.1) is 5.41 Å². The van der Waals surface area contributed by atoms with Crippen LogP contribution in [-0.2, 0) is 11.0 Å². The Morgan fingerprint density at radius 2 is 1.72 bits per heavy atom. The number of nitrogens with zero attached hydrogens (tertiary/aromatic N) is 4. The smallest absolute Gasteiger partial charge is 0.324 e. The molecule has 13 heteroatoms. The molecule has 188 valence electrons. The highest BCUT2D eigenvalue weighted by atomic mass is 35.5. The van der Waals surface area contributed by atoms with Crippen LogP contribution in [0.15, 0.2) is 54.9 Å². The highest BCUT2D eigenvalue weighted by Gasteiger charge is 2.53. The molecule has 0 unspecified atom stereocenters. The molecular weight excluding hydrogens is 512 g/mol. The third-order valence-electron chi connectivity index (χ3n) is 5.46. The third kappa shape index (κ3) is 4.72. The van der Waals surface area contributed by atoms with E-state index in [0.29, 0.717) is 16.9 Å². The zero-order valence-electron chi connectivity index (χ0n) is 18.5. The van der Waals surface area contributed by atoms with Crippen molar-refractivity contribution >= 4 is 28.8 Å². The SMILES string of the molecule is CC(C)(C(=O)Nc1cc(-c2cn3nc(-c4cccnc4C(F)(F)F)ccc3n2)ccc1Cl)C(F)(F)F. The minimum Gasteiger partial charge on any atom is -0.324 e. The quantitative estimate of drug-likeness (QED) is 0.301. The van der Waals surface area contributed by atoms with Crippen molar-refractivity contribution in [2.75, 3.05) is 5.32 Å². The lowest BCUT2D eigenvalue weighted by Gasteiger charge is -2.26. The second-order valence-electron chi connectivity index (χ2n) is 8.32. The van der Waals surface area contributed by atoms with Gasteiger partial charge in [-0.2, -0.15) is 31.4 Å². The summed E-state index contributed by atoms with van der Waals surface area (Å²) in [5.41, 5.74) is -3.06. The number of hydrogen-bond donors (Lipinski definition) is 1. The molecule has 4 rings (SSSR count). The topological polar surface area (TPSA) is 72.2 Å². The highest BCUT2D eigenvalue weighted by Crippen LogP contribution is 2.39. The molecule has 0 aliphatic heterocycles. The molecule has 36 heavy (non-hydrogen) atoms. The monoisotopic (exact) mass is 527 g/mol. The number of aromatic nitrogens is 4. The van der Waals surface area contributed by atoms with E-state index in [9.17, 15) is 31.1 Å². The summed E-state index contributed by atoms with van der Waals surface area (Å²) in [5.74, 6) is -1.30. The number of imidazole rings is 1. The summed E-state index contributed by atoms with van der Waals surface area (Å²) < 4.78 is 81.0. The van der Waals surface area contributed by atoms with Crippen molar-refractivity contribution in [2.24, 2.45) is 5.41 Å². The Morgan fingerprint density at radius 3 is 2.39 bits per heavy atom. The Hall–Kier alpha value is -3.67. The standard InChI is InChI=1S/C23H16ClF6N5O/c1-21(2,23(28,29)30)20(36)33-16-10-12(5-6-14(16)24)17-11-35-18(32-17)8-7-15(34-35)13-4-3-9-31-19(13)22(25,26)27/h3-11H,1-2H3,(H,33,36). The van der Waals surface area contributed by atoms with E-state index in [2.05, 4.69) is 20.4 Å². The normalized spacial score (nSPS) is 12.7. The first-order chi connectivity index (χ1) is 16.7. The van der Waals surface area contributed by atoms with E-state index in [1.807, 2.05) is 0 Å². The lowest BCUT2D eigenvalue weighted by atomic mass is 9.91. The largest absolute Gasteiger partial charge is 0.434 e. The number of nitrogens with one attached hydrogen (secondary N) is 1. The van der Waals surface area contributed by atoms with Crippen LogP contribution in [0.4, 0.5) is 32.0 Å². The highest BCUT2D eigenvalue weighted by molar-refractivity contribution is 6.33. The number of benzene rings is 1. The van der Waals surface area contributed by atoms with Crippen molar-refractivity contribution in [3.05, 3.63) is 65.6 Å². The zero-order valence-corrected chi connectivity index (χ0v) is 19.3. The van der Waals surface area contributed by atoms with Crippen LogP contribution < -0.4 is 5.32 Å². The fourth-order valence-corrected chi connectivity index (χ4v) is 3.36. The van der Waals surface area contributed by atoms with Gasteiger partial charge in [0.25, 0.3) is 0 Å². The Labute approximate surface area is 204 Å². The number of carbonyl (C=O) groups is 1. The molecule has 1 aromatic carbocycles. The molecule has 0 saturated carbocycles. The fourth-order valence-electron chi connectivity index (χ4n) is 3.19. The van der Waals surface area contributed by atoms with Crippen molar-refractivity contribution in [1.82, 2.24) is 19.6 Å². The molecule has 1 amide bonds. The van der Waals surface area contributed by atoms with Crippen molar-refractivity contribution in [1.29, 1.82) is 0 Å². The number of rotatable bonds is 4. The number of halogens is 7. The van der Waals surface area contributed by atoms with Gasteiger partial charge >= 0.3 is 12.4 Å². The molecule has 0 saturated heterocycles. The zero-order chi connectivity index (χ0) is 26.5. The van der Waals surface area contributed by atoms with Gasteiger partial charge in [-0.15, -0.1) is 0 Å². The van der Waals surface area contributed by atoms with Gasteiger partial charge < -0.3 is 5.32 Å². The number of carbonyl (C=O) groups excluding carboxylic acids is 1. The van der Waals surface area contributed by atoms with E-state index in [4.69, 9.17) is 11.6 Å². The number of amides is 1. The van der Waals surface area contributed by atoms with Crippen LogP contribution in [0.1, 0.15) is 19.5 Å². The maximum Gasteiger partial charge on any atom is 0.434 e. The summed E-state index contributed by atoms with van der Waals surface area (Å²) in [6.07, 6.45) is -7.01. The number of alkyl halides is 6. The summed E-state index contributed by atoms with van der Waals surface area (Å²) in [7, 11) is 0. The maximum atomic E-state index is 13.4. The van der Waals surface area contributed by atoms with Crippen molar-refractivity contribution in [2.45, 2.75) is 26.2 Å². The van der Waals surface area contributed by atoms with E-state index in [1.54, 1.807) is 0 Å². The molecule has 4 aromatic rings. The predicted molar refractivity (Wildman–Crippen MR) is 120 cm³/mol. The second kappa shape index (κ2) is 8.77. The van der Waals surface area contributed by atoms with Gasteiger partial charge in [0.1, 0.15) is 5.41 Å². The van der Waals surface area contributed by atoms with Gasteiger partial charge in [0.15, 0.2) is 11.3 Å². The summed E-state index contributed by atoms with van der Waals surface area (Å²) in [6.45, 7) is 1.50. The van der Waals surface area contributed by atoms with Gasteiger partial charge in [-0.25, -0.2) is 9.50 Å². The Kier molecular flexibility index (Phi) is 6.19. The average Bonchev–Trinajstić information content (AvgIpc) is 3.22. The number of fused-ring (bicyclic) bond motifs is 1. The lowest BCUT2D eigenvalue weighted by Crippen LogP contribution is -2.43. The van der Waals surface area contributed by atoms with Gasteiger partial charge in [0, 0.05) is 17.3 Å². The average molecular weight is 528 g/mol. The van der Waals surface area contributed by atoms with Crippen LogP contribution in [0.5, 0.6) is 0 Å². The molecule has 1 N–H and O–H groups in total. The fraction of sp³-hybridized carbons (Fsp3) is 0.217. The van der Waals surface area contributed by atoms with E-state index in [0.717, 1.165) is 20.0 Å². The molecule has 3 aromatic heterocycles. The van der Waals surface area contributed by atoms with Crippen molar-refractivity contribution in [3.63, 3.8) is 0 Å². The Balaban J connectivity index is 1.70. The summed E-state index contributed by atoms with van der Waals surface area (Å²) in [4.78, 5) is 20.1. The van der Waals surface area contributed by atoms with E-state index >= 15 is 0 Å². The van der Waals surface area contributed by atoms with E-state index in [-0.39, 0.29) is 22.0 Å². The molecular formula is C23H16ClF6N5O. The molecule has 0 fully saturated rings. The van der Waals surface area contributed by atoms with Gasteiger partial charge in [-0.3, -0.25) is 9.78 Å². The Bertz CT molecular complexity index is 1460. The first kappa shape index (κ1) is 25.4. The van der Waals surface area contributed by atoms with Crippen LogP contribution in [-0.4, -0.2) is 31.7 Å². The lowest BCUT2D eigenvalue weighted by molar-refractivity contribution is -0.208. The molecule has 0 aliphatic rings. The molecule has 0 atom stereocenters. The van der Waals surface area contributed by atoms with Gasteiger partial charge in [0.05, 0.1) is 28.3 Å².